The van der Waals surface area contributed by atoms with Gasteiger partial charge in [-0.25, -0.2) is 9.78 Å². The number of hydrogen-bond acceptors (Lipinski definition) is 4. The molecule has 2 aromatic rings. The fraction of sp³-hybridized carbons (Fsp3) is 0.429. The predicted octanol–water partition coefficient (Wildman–Crippen LogP) is 1.21. The topological polar surface area (TPSA) is 95.6 Å². The van der Waals surface area contributed by atoms with Gasteiger partial charge in [0, 0.05) is 6.42 Å². The zero-order valence-corrected chi connectivity index (χ0v) is 11.3. The van der Waals surface area contributed by atoms with Crippen LogP contribution in [0.2, 0.25) is 0 Å². The van der Waals surface area contributed by atoms with Gasteiger partial charge in [-0.1, -0.05) is 6.92 Å². The number of aromatic nitrogens is 2. The third kappa shape index (κ3) is 2.52. The van der Waals surface area contributed by atoms with Crippen LogP contribution in [-0.2, 0) is 6.42 Å². The van der Waals surface area contributed by atoms with Crippen LogP contribution in [0.15, 0.2) is 18.2 Å². The maximum atomic E-state index is 11.1. The Bertz CT molecular complexity index is 617. The Balaban J connectivity index is 2.66. The molecule has 108 valence electrons. The van der Waals surface area contributed by atoms with E-state index in [0.29, 0.717) is 17.5 Å². The number of fused-ring (bicyclic) bond motifs is 1. The first-order valence-electron chi connectivity index (χ1n) is 6.58. The molecule has 0 fully saturated rings. The number of benzene rings is 1. The molecule has 0 spiro atoms. The van der Waals surface area contributed by atoms with Gasteiger partial charge in [0.25, 0.3) is 0 Å². The lowest BCUT2D eigenvalue weighted by Crippen LogP contribution is -2.19. The number of aliphatic hydroxyl groups is 2. The lowest BCUT2D eigenvalue weighted by atomic mass is 10.2. The summed E-state index contributed by atoms with van der Waals surface area (Å²) < 4.78 is 1.74. The van der Waals surface area contributed by atoms with E-state index in [0.717, 1.165) is 12.2 Å². The van der Waals surface area contributed by atoms with Gasteiger partial charge in [-0.05, 0) is 24.6 Å². The van der Waals surface area contributed by atoms with E-state index < -0.39 is 12.0 Å². The van der Waals surface area contributed by atoms with Crippen LogP contribution >= 0.6 is 0 Å². The molecule has 1 heterocycles. The van der Waals surface area contributed by atoms with Gasteiger partial charge in [-0.3, -0.25) is 0 Å². The van der Waals surface area contributed by atoms with Gasteiger partial charge < -0.3 is 19.9 Å². The van der Waals surface area contributed by atoms with Crippen molar-refractivity contribution in [2.75, 3.05) is 13.2 Å². The van der Waals surface area contributed by atoms with E-state index in [-0.39, 0.29) is 18.8 Å². The average Bonchev–Trinajstić information content (AvgIpc) is 2.78. The van der Waals surface area contributed by atoms with Gasteiger partial charge in [0.1, 0.15) is 5.82 Å². The molecule has 6 heteroatoms. The maximum Gasteiger partial charge on any atom is 0.335 e. The molecule has 0 bridgehead atoms. The Hall–Kier alpha value is -1.92. The Morgan fingerprint density at radius 2 is 2.05 bits per heavy atom. The normalized spacial score (nSPS) is 11.4. The van der Waals surface area contributed by atoms with Gasteiger partial charge in [0.15, 0.2) is 0 Å². The van der Waals surface area contributed by atoms with E-state index in [1.807, 2.05) is 6.92 Å². The molecule has 0 atom stereocenters. The molecule has 0 aliphatic heterocycles. The minimum atomic E-state index is -1.01. The molecule has 2 rings (SSSR count). The third-order valence-corrected chi connectivity index (χ3v) is 3.27. The number of rotatable bonds is 6. The lowest BCUT2D eigenvalue weighted by Gasteiger charge is -2.17. The van der Waals surface area contributed by atoms with Crippen molar-refractivity contribution in [2.24, 2.45) is 0 Å². The molecule has 0 radical (unpaired) electrons. The Morgan fingerprint density at radius 3 is 2.60 bits per heavy atom. The zero-order chi connectivity index (χ0) is 14.7. The smallest absolute Gasteiger partial charge is 0.335 e. The number of imidazole rings is 1. The summed E-state index contributed by atoms with van der Waals surface area (Å²) in [4.78, 5) is 15.5. The predicted molar refractivity (Wildman–Crippen MR) is 73.9 cm³/mol. The van der Waals surface area contributed by atoms with Crippen molar-refractivity contribution in [3.05, 3.63) is 29.6 Å². The van der Waals surface area contributed by atoms with Crippen molar-refractivity contribution in [3.8, 4) is 0 Å². The van der Waals surface area contributed by atoms with E-state index in [1.54, 1.807) is 10.6 Å². The first-order chi connectivity index (χ1) is 9.62. The van der Waals surface area contributed by atoms with E-state index >= 15 is 0 Å². The van der Waals surface area contributed by atoms with E-state index in [1.165, 1.54) is 12.1 Å². The summed E-state index contributed by atoms with van der Waals surface area (Å²) >= 11 is 0. The molecule has 6 nitrogen and oxygen atoms in total. The molecule has 0 amide bonds. The SMILES string of the molecule is CCCc1nc2ccc(C(=O)O)cc2n1C(CO)CO. The molecule has 0 saturated heterocycles. The van der Waals surface area contributed by atoms with E-state index in [9.17, 15) is 15.0 Å². The highest BCUT2D eigenvalue weighted by Gasteiger charge is 2.18. The summed E-state index contributed by atoms with van der Waals surface area (Å²) in [5.41, 5.74) is 1.46. The second kappa shape index (κ2) is 6.02. The molecular formula is C14H18N2O4. The van der Waals surface area contributed by atoms with Crippen molar-refractivity contribution in [1.82, 2.24) is 9.55 Å². The van der Waals surface area contributed by atoms with Gasteiger partial charge in [0.2, 0.25) is 0 Å². The van der Waals surface area contributed by atoms with Crippen molar-refractivity contribution >= 4 is 17.0 Å². The van der Waals surface area contributed by atoms with Gasteiger partial charge in [-0.15, -0.1) is 0 Å². The van der Waals surface area contributed by atoms with Crippen LogP contribution in [0, 0.1) is 0 Å². The Morgan fingerprint density at radius 1 is 1.35 bits per heavy atom. The summed E-state index contributed by atoms with van der Waals surface area (Å²) in [6.07, 6.45) is 1.58. The molecule has 0 saturated carbocycles. The second-order valence-electron chi connectivity index (χ2n) is 4.68. The van der Waals surface area contributed by atoms with Crippen LogP contribution in [0.5, 0.6) is 0 Å². The highest BCUT2D eigenvalue weighted by molar-refractivity contribution is 5.92. The summed E-state index contributed by atoms with van der Waals surface area (Å²) in [7, 11) is 0. The number of carboxylic acids is 1. The largest absolute Gasteiger partial charge is 0.478 e. The van der Waals surface area contributed by atoms with Crippen LogP contribution in [0.25, 0.3) is 11.0 Å². The molecule has 3 N–H and O–H groups in total. The molecule has 0 aliphatic rings. The number of carboxylic acid groups (broad SMARTS) is 1. The number of carbonyl (C=O) groups is 1. The average molecular weight is 278 g/mol. The van der Waals surface area contributed by atoms with E-state index in [4.69, 9.17) is 5.11 Å². The number of aromatic carboxylic acids is 1. The maximum absolute atomic E-state index is 11.1. The Labute approximate surface area is 116 Å². The van der Waals surface area contributed by atoms with Crippen LogP contribution < -0.4 is 0 Å². The highest BCUT2D eigenvalue weighted by atomic mass is 16.4. The third-order valence-electron chi connectivity index (χ3n) is 3.27. The van der Waals surface area contributed by atoms with Gasteiger partial charge >= 0.3 is 5.97 Å². The van der Waals surface area contributed by atoms with Crippen molar-refractivity contribution in [3.63, 3.8) is 0 Å². The number of aryl methyl sites for hydroxylation is 1. The van der Waals surface area contributed by atoms with Crippen LogP contribution in [-0.4, -0.2) is 44.1 Å². The molecule has 1 aromatic heterocycles. The highest BCUT2D eigenvalue weighted by Crippen LogP contribution is 2.23. The van der Waals surface area contributed by atoms with Gasteiger partial charge in [-0.2, -0.15) is 0 Å². The number of hydrogen-bond donors (Lipinski definition) is 3. The standard InChI is InChI=1S/C14H18N2O4/c1-2-3-13-15-11-5-4-9(14(19)20)6-12(11)16(13)10(7-17)8-18/h4-6,10,17-18H,2-3,7-8H2,1H3,(H,19,20). The van der Waals surface area contributed by atoms with Crippen molar-refractivity contribution in [1.29, 1.82) is 0 Å². The quantitative estimate of drug-likeness (QED) is 0.738. The first kappa shape index (κ1) is 14.5. The number of nitrogens with zero attached hydrogens (tertiary/aromatic N) is 2. The second-order valence-corrected chi connectivity index (χ2v) is 4.68. The molecular weight excluding hydrogens is 260 g/mol. The van der Waals surface area contributed by atoms with Crippen molar-refractivity contribution < 1.29 is 20.1 Å². The minimum absolute atomic E-state index is 0.163. The monoisotopic (exact) mass is 278 g/mol. The molecule has 1 aromatic carbocycles. The fourth-order valence-electron chi connectivity index (χ4n) is 2.30. The summed E-state index contributed by atoms with van der Waals surface area (Å²) in [5, 5.41) is 27.9. The van der Waals surface area contributed by atoms with Gasteiger partial charge in [0.05, 0.1) is 35.9 Å². The minimum Gasteiger partial charge on any atom is -0.478 e. The summed E-state index contributed by atoms with van der Waals surface area (Å²) in [6.45, 7) is 1.56. The Kier molecular flexibility index (Phi) is 4.36. The van der Waals surface area contributed by atoms with Crippen LogP contribution in [0.4, 0.5) is 0 Å². The van der Waals surface area contributed by atoms with Crippen LogP contribution in [0.1, 0.15) is 35.6 Å². The van der Waals surface area contributed by atoms with Crippen molar-refractivity contribution in [2.45, 2.75) is 25.8 Å². The molecule has 0 unspecified atom stereocenters. The molecule has 0 aliphatic carbocycles. The number of aliphatic hydroxyl groups excluding tert-OH is 2. The summed E-state index contributed by atoms with van der Waals surface area (Å²) in [5.74, 6) is -0.264. The summed E-state index contributed by atoms with van der Waals surface area (Å²) in [6, 6.07) is 4.18. The van der Waals surface area contributed by atoms with E-state index in [2.05, 4.69) is 4.98 Å². The first-order valence-corrected chi connectivity index (χ1v) is 6.58. The zero-order valence-electron chi connectivity index (χ0n) is 11.3. The molecule has 20 heavy (non-hydrogen) atoms. The van der Waals surface area contributed by atoms with Crippen LogP contribution in [0.3, 0.4) is 0 Å². The lowest BCUT2D eigenvalue weighted by molar-refractivity contribution is 0.0697. The fourth-order valence-corrected chi connectivity index (χ4v) is 2.30.